The third kappa shape index (κ3) is 3.46. The molecule has 2 N–H and O–H groups in total. The van der Waals surface area contributed by atoms with Gasteiger partial charge in [-0.05, 0) is 12.1 Å². The highest BCUT2D eigenvalue weighted by molar-refractivity contribution is 5.10. The molecule has 16 heavy (non-hydrogen) atoms. The molecule has 1 aromatic rings. The van der Waals surface area contributed by atoms with E-state index >= 15 is 0 Å². The standard InChI is InChI=1S/C12H15N3O/c1-2-6-14-9-10(8-13)12(16)11-5-3-4-7-15-11/h2-5,7,10,12,14,16H,1,6,9H2. The Morgan fingerprint density at radius 2 is 2.44 bits per heavy atom. The minimum atomic E-state index is -0.858. The number of hydrogen-bond donors (Lipinski definition) is 2. The predicted octanol–water partition coefficient (Wildman–Crippen LogP) is 1.03. The summed E-state index contributed by atoms with van der Waals surface area (Å²) in [6.45, 7) is 4.60. The van der Waals surface area contributed by atoms with Crippen LogP contribution < -0.4 is 5.32 Å². The topological polar surface area (TPSA) is 68.9 Å². The first-order valence-electron chi connectivity index (χ1n) is 5.09. The van der Waals surface area contributed by atoms with Gasteiger partial charge in [0, 0.05) is 19.3 Å². The van der Waals surface area contributed by atoms with Crippen LogP contribution in [0, 0.1) is 17.2 Å². The van der Waals surface area contributed by atoms with E-state index in [9.17, 15) is 5.11 Å². The van der Waals surface area contributed by atoms with E-state index < -0.39 is 12.0 Å². The number of hydrogen-bond acceptors (Lipinski definition) is 4. The summed E-state index contributed by atoms with van der Waals surface area (Å²) < 4.78 is 0. The largest absolute Gasteiger partial charge is 0.385 e. The number of nitriles is 1. The van der Waals surface area contributed by atoms with Crippen LogP contribution in [0.4, 0.5) is 0 Å². The lowest BCUT2D eigenvalue weighted by atomic mass is 10.0. The summed E-state index contributed by atoms with van der Waals surface area (Å²) in [4.78, 5) is 4.03. The van der Waals surface area contributed by atoms with Crippen molar-refractivity contribution in [3.63, 3.8) is 0 Å². The molecule has 2 unspecified atom stereocenters. The molecule has 1 aromatic heterocycles. The van der Waals surface area contributed by atoms with Crippen LogP contribution in [0.1, 0.15) is 11.8 Å². The van der Waals surface area contributed by atoms with Crippen molar-refractivity contribution in [2.45, 2.75) is 6.10 Å². The van der Waals surface area contributed by atoms with E-state index in [4.69, 9.17) is 5.26 Å². The molecular weight excluding hydrogens is 202 g/mol. The monoisotopic (exact) mass is 217 g/mol. The van der Waals surface area contributed by atoms with E-state index in [1.165, 1.54) is 0 Å². The minimum absolute atomic E-state index is 0.417. The van der Waals surface area contributed by atoms with Crippen LogP contribution >= 0.6 is 0 Å². The molecule has 0 radical (unpaired) electrons. The molecule has 84 valence electrons. The highest BCUT2D eigenvalue weighted by Gasteiger charge is 2.20. The Hall–Kier alpha value is -1.70. The van der Waals surface area contributed by atoms with Gasteiger partial charge in [-0.1, -0.05) is 12.1 Å². The van der Waals surface area contributed by atoms with Crippen molar-refractivity contribution >= 4 is 0 Å². The van der Waals surface area contributed by atoms with E-state index in [-0.39, 0.29) is 0 Å². The number of aliphatic hydroxyl groups is 1. The van der Waals surface area contributed by atoms with Crippen LogP contribution in [-0.2, 0) is 0 Å². The highest BCUT2D eigenvalue weighted by Crippen LogP contribution is 2.18. The maximum absolute atomic E-state index is 9.93. The summed E-state index contributed by atoms with van der Waals surface area (Å²) in [5, 5.41) is 21.9. The molecule has 0 spiro atoms. The van der Waals surface area contributed by atoms with E-state index in [0.717, 1.165) is 0 Å². The van der Waals surface area contributed by atoms with E-state index in [2.05, 4.69) is 22.9 Å². The average Bonchev–Trinajstić information content (AvgIpc) is 2.35. The quantitative estimate of drug-likeness (QED) is 0.551. The van der Waals surface area contributed by atoms with Gasteiger partial charge in [-0.2, -0.15) is 5.26 Å². The molecule has 0 amide bonds. The lowest BCUT2D eigenvalue weighted by Gasteiger charge is -2.16. The summed E-state index contributed by atoms with van der Waals surface area (Å²) in [6, 6.07) is 7.34. The smallest absolute Gasteiger partial charge is 0.113 e. The maximum atomic E-state index is 9.93. The molecule has 0 saturated heterocycles. The van der Waals surface area contributed by atoms with Gasteiger partial charge in [0.15, 0.2) is 0 Å². The molecular formula is C12H15N3O. The Bertz CT molecular complexity index is 358. The lowest BCUT2D eigenvalue weighted by Crippen LogP contribution is -2.26. The average molecular weight is 217 g/mol. The summed E-state index contributed by atoms with van der Waals surface area (Å²) in [6.07, 6.45) is 2.45. The van der Waals surface area contributed by atoms with Gasteiger partial charge in [-0.25, -0.2) is 0 Å². The number of pyridine rings is 1. The fourth-order valence-corrected chi connectivity index (χ4v) is 1.33. The highest BCUT2D eigenvalue weighted by atomic mass is 16.3. The van der Waals surface area contributed by atoms with Crippen molar-refractivity contribution in [1.82, 2.24) is 10.3 Å². The predicted molar refractivity (Wildman–Crippen MR) is 61.4 cm³/mol. The Morgan fingerprint density at radius 3 is 3.00 bits per heavy atom. The molecule has 0 saturated carbocycles. The van der Waals surface area contributed by atoms with Gasteiger partial charge in [0.1, 0.15) is 6.10 Å². The van der Waals surface area contributed by atoms with Gasteiger partial charge in [0.05, 0.1) is 17.7 Å². The molecule has 0 aromatic carbocycles. The SMILES string of the molecule is C=CCNCC(C#N)C(O)c1ccccn1. The van der Waals surface area contributed by atoms with Crippen molar-refractivity contribution in [2.75, 3.05) is 13.1 Å². The molecule has 1 rings (SSSR count). The van der Waals surface area contributed by atoms with Crippen molar-refractivity contribution in [3.8, 4) is 6.07 Å². The summed E-state index contributed by atoms with van der Waals surface area (Å²) >= 11 is 0. The third-order valence-electron chi connectivity index (χ3n) is 2.19. The van der Waals surface area contributed by atoms with Gasteiger partial charge in [-0.3, -0.25) is 4.98 Å². The fraction of sp³-hybridized carbons (Fsp3) is 0.333. The molecule has 0 aliphatic carbocycles. The zero-order chi connectivity index (χ0) is 11.8. The second-order valence-corrected chi connectivity index (χ2v) is 3.38. The Labute approximate surface area is 95.3 Å². The van der Waals surface area contributed by atoms with Gasteiger partial charge in [0.25, 0.3) is 0 Å². The second-order valence-electron chi connectivity index (χ2n) is 3.38. The normalized spacial score (nSPS) is 13.8. The van der Waals surface area contributed by atoms with E-state index in [1.54, 1.807) is 30.5 Å². The van der Waals surface area contributed by atoms with Crippen molar-refractivity contribution in [2.24, 2.45) is 5.92 Å². The summed E-state index contributed by atoms with van der Waals surface area (Å²) in [5.41, 5.74) is 0.523. The number of nitrogens with zero attached hydrogens (tertiary/aromatic N) is 2. The molecule has 4 nitrogen and oxygen atoms in total. The Kier molecular flexibility index (Phi) is 5.20. The molecule has 2 atom stereocenters. The Balaban J connectivity index is 2.60. The van der Waals surface area contributed by atoms with Crippen LogP contribution in [0.15, 0.2) is 37.1 Å². The summed E-state index contributed by atoms with van der Waals surface area (Å²) in [7, 11) is 0. The van der Waals surface area contributed by atoms with E-state index in [0.29, 0.717) is 18.8 Å². The van der Waals surface area contributed by atoms with Gasteiger partial charge >= 0.3 is 0 Å². The summed E-state index contributed by atoms with van der Waals surface area (Å²) in [5.74, 6) is -0.505. The first-order chi connectivity index (χ1) is 7.79. The van der Waals surface area contributed by atoms with Crippen LogP contribution in [0.2, 0.25) is 0 Å². The zero-order valence-electron chi connectivity index (χ0n) is 9.00. The molecule has 0 aliphatic heterocycles. The first kappa shape index (κ1) is 12.4. The number of rotatable bonds is 6. The van der Waals surface area contributed by atoms with E-state index in [1.807, 2.05) is 0 Å². The lowest BCUT2D eigenvalue weighted by molar-refractivity contribution is 0.130. The van der Waals surface area contributed by atoms with Crippen LogP contribution in [-0.4, -0.2) is 23.2 Å². The first-order valence-corrected chi connectivity index (χ1v) is 5.09. The Morgan fingerprint density at radius 1 is 1.62 bits per heavy atom. The van der Waals surface area contributed by atoms with Crippen LogP contribution in [0.3, 0.4) is 0 Å². The van der Waals surface area contributed by atoms with Crippen LogP contribution in [0.5, 0.6) is 0 Å². The van der Waals surface area contributed by atoms with Gasteiger partial charge in [-0.15, -0.1) is 6.58 Å². The second kappa shape index (κ2) is 6.72. The molecule has 0 fully saturated rings. The zero-order valence-corrected chi connectivity index (χ0v) is 9.00. The third-order valence-corrected chi connectivity index (χ3v) is 2.19. The molecule has 4 heteroatoms. The van der Waals surface area contributed by atoms with Crippen molar-refractivity contribution in [1.29, 1.82) is 5.26 Å². The van der Waals surface area contributed by atoms with Gasteiger partial charge < -0.3 is 10.4 Å². The number of nitrogens with one attached hydrogen (secondary N) is 1. The minimum Gasteiger partial charge on any atom is -0.385 e. The van der Waals surface area contributed by atoms with Crippen molar-refractivity contribution < 1.29 is 5.11 Å². The number of aromatic nitrogens is 1. The number of aliphatic hydroxyl groups excluding tert-OH is 1. The fourth-order valence-electron chi connectivity index (χ4n) is 1.33. The van der Waals surface area contributed by atoms with Crippen molar-refractivity contribution in [3.05, 3.63) is 42.7 Å². The molecule has 0 bridgehead atoms. The van der Waals surface area contributed by atoms with Crippen LogP contribution in [0.25, 0.3) is 0 Å². The maximum Gasteiger partial charge on any atom is 0.113 e. The van der Waals surface area contributed by atoms with Gasteiger partial charge in [0.2, 0.25) is 0 Å². The molecule has 1 heterocycles. The molecule has 0 aliphatic rings.